The van der Waals surface area contributed by atoms with Crippen molar-refractivity contribution in [1.29, 1.82) is 0 Å². The Hall–Kier alpha value is -3.41. The summed E-state index contributed by atoms with van der Waals surface area (Å²) in [4.78, 5) is 14.4. The smallest absolute Gasteiger partial charge is 0.232 e. The standard InChI is InChI=1S/C29H25Cl2N5/c1-18-5-14-22(15-6-18)36-25-4-2-3-23(25)24-17-20(11-16-26(24)36)8-7-19-9-12-21(13-10-19)32-29-34-27(30)33-28(31)35-29/h5-17,23,25H,2-4H2,1H3,(H,32,33,34,35)/b8-7+. The molecule has 2 heterocycles. The summed E-state index contributed by atoms with van der Waals surface area (Å²) in [6.45, 7) is 2.14. The average molecular weight is 514 g/mol. The van der Waals surface area contributed by atoms with Crippen LogP contribution in [0, 0.1) is 6.92 Å². The molecule has 0 radical (unpaired) electrons. The molecule has 6 rings (SSSR count). The van der Waals surface area contributed by atoms with E-state index in [1.54, 1.807) is 0 Å². The van der Waals surface area contributed by atoms with Gasteiger partial charge < -0.3 is 10.2 Å². The van der Waals surface area contributed by atoms with Gasteiger partial charge >= 0.3 is 0 Å². The van der Waals surface area contributed by atoms with Crippen molar-refractivity contribution in [3.05, 3.63) is 99.6 Å². The lowest BCUT2D eigenvalue weighted by Crippen LogP contribution is -2.26. The molecule has 1 aliphatic carbocycles. The molecule has 3 aromatic carbocycles. The first kappa shape index (κ1) is 23.0. The lowest BCUT2D eigenvalue weighted by molar-refractivity contribution is 0.642. The fourth-order valence-electron chi connectivity index (χ4n) is 5.40. The largest absolute Gasteiger partial charge is 0.338 e. The topological polar surface area (TPSA) is 53.9 Å². The molecule has 1 fully saturated rings. The van der Waals surface area contributed by atoms with E-state index in [4.69, 9.17) is 23.2 Å². The maximum Gasteiger partial charge on any atom is 0.232 e. The zero-order chi connectivity index (χ0) is 24.6. The average Bonchev–Trinajstić information content (AvgIpc) is 3.45. The van der Waals surface area contributed by atoms with Crippen LogP contribution in [-0.2, 0) is 0 Å². The highest BCUT2D eigenvalue weighted by atomic mass is 35.5. The fraction of sp³-hybridized carbons (Fsp3) is 0.207. The number of hydrogen-bond acceptors (Lipinski definition) is 5. The maximum atomic E-state index is 5.85. The van der Waals surface area contributed by atoms with Crippen molar-refractivity contribution < 1.29 is 0 Å². The Morgan fingerprint density at radius 1 is 0.833 bits per heavy atom. The van der Waals surface area contributed by atoms with Gasteiger partial charge in [0.05, 0.1) is 0 Å². The molecular weight excluding hydrogens is 489 g/mol. The minimum Gasteiger partial charge on any atom is -0.338 e. The molecule has 0 saturated heterocycles. The Labute approximate surface area is 220 Å². The molecule has 2 unspecified atom stereocenters. The summed E-state index contributed by atoms with van der Waals surface area (Å²) in [6, 6.07) is 24.4. The zero-order valence-corrected chi connectivity index (χ0v) is 21.3. The maximum absolute atomic E-state index is 5.85. The van der Waals surface area contributed by atoms with Gasteiger partial charge in [-0.1, -0.05) is 54.5 Å². The van der Waals surface area contributed by atoms with Crippen molar-refractivity contribution in [2.75, 3.05) is 10.2 Å². The number of halogens is 2. The van der Waals surface area contributed by atoms with Crippen LogP contribution in [0.15, 0.2) is 66.7 Å². The molecule has 2 aliphatic rings. The first-order chi connectivity index (χ1) is 17.5. The number of hydrogen-bond donors (Lipinski definition) is 1. The molecule has 180 valence electrons. The SMILES string of the molecule is Cc1ccc(N2c3ccc(/C=C/c4ccc(Nc5nc(Cl)nc(Cl)n5)cc4)cc3C3CCCC32)cc1. The van der Waals surface area contributed by atoms with Gasteiger partial charge in [0.2, 0.25) is 16.5 Å². The Kier molecular flexibility index (Phi) is 6.12. The van der Waals surface area contributed by atoms with Gasteiger partial charge in [-0.3, -0.25) is 0 Å². The predicted octanol–water partition coefficient (Wildman–Crippen LogP) is 8.19. The highest BCUT2D eigenvalue weighted by molar-refractivity contribution is 6.31. The molecule has 0 bridgehead atoms. The second-order valence-corrected chi connectivity index (χ2v) is 10.1. The molecular formula is C29H25Cl2N5. The van der Waals surface area contributed by atoms with Crippen LogP contribution in [0.1, 0.15) is 47.4 Å². The first-order valence-electron chi connectivity index (χ1n) is 12.2. The summed E-state index contributed by atoms with van der Waals surface area (Å²) in [5.41, 5.74) is 8.61. The molecule has 1 aromatic heterocycles. The molecule has 1 saturated carbocycles. The number of nitrogens with zero attached hydrogens (tertiary/aromatic N) is 4. The predicted molar refractivity (Wildman–Crippen MR) is 149 cm³/mol. The van der Waals surface area contributed by atoms with Crippen molar-refractivity contribution in [3.63, 3.8) is 0 Å². The molecule has 36 heavy (non-hydrogen) atoms. The summed E-state index contributed by atoms with van der Waals surface area (Å²) in [7, 11) is 0. The van der Waals surface area contributed by atoms with Crippen LogP contribution in [0.25, 0.3) is 12.2 Å². The monoisotopic (exact) mass is 513 g/mol. The first-order valence-corrected chi connectivity index (χ1v) is 12.9. The van der Waals surface area contributed by atoms with Crippen molar-refractivity contribution in [2.24, 2.45) is 0 Å². The minimum absolute atomic E-state index is 0.0531. The van der Waals surface area contributed by atoms with Gasteiger partial charge in [0.15, 0.2) is 0 Å². The number of fused-ring (bicyclic) bond motifs is 3. The van der Waals surface area contributed by atoms with Gasteiger partial charge in [-0.25, -0.2) is 0 Å². The van der Waals surface area contributed by atoms with Crippen LogP contribution in [0.2, 0.25) is 10.6 Å². The fourth-order valence-corrected chi connectivity index (χ4v) is 5.76. The zero-order valence-electron chi connectivity index (χ0n) is 19.8. The molecule has 7 heteroatoms. The number of nitrogens with one attached hydrogen (secondary N) is 1. The molecule has 4 aromatic rings. The molecule has 2 atom stereocenters. The van der Waals surface area contributed by atoms with E-state index in [1.165, 1.54) is 47.3 Å². The molecule has 5 nitrogen and oxygen atoms in total. The van der Waals surface area contributed by atoms with Gasteiger partial charge in [0, 0.05) is 29.0 Å². The van der Waals surface area contributed by atoms with Gasteiger partial charge in [-0.15, -0.1) is 0 Å². The number of rotatable bonds is 5. The minimum atomic E-state index is 0.0531. The van der Waals surface area contributed by atoms with E-state index in [0.29, 0.717) is 17.9 Å². The summed E-state index contributed by atoms with van der Waals surface area (Å²) in [5.74, 6) is 0.920. The number of aryl methyl sites for hydroxylation is 1. The van der Waals surface area contributed by atoms with Crippen LogP contribution >= 0.6 is 23.2 Å². The van der Waals surface area contributed by atoms with Gasteiger partial charge in [-0.05, 0) is 96.1 Å². The van der Waals surface area contributed by atoms with Crippen molar-refractivity contribution in [3.8, 4) is 0 Å². The Morgan fingerprint density at radius 3 is 2.28 bits per heavy atom. The van der Waals surface area contributed by atoms with Crippen LogP contribution in [-0.4, -0.2) is 21.0 Å². The van der Waals surface area contributed by atoms with E-state index in [2.05, 4.69) is 86.7 Å². The summed E-state index contributed by atoms with van der Waals surface area (Å²) < 4.78 is 0. The highest BCUT2D eigenvalue weighted by Gasteiger charge is 2.41. The Balaban J connectivity index is 1.21. The lowest BCUT2D eigenvalue weighted by atomic mass is 9.95. The lowest BCUT2D eigenvalue weighted by Gasteiger charge is -2.27. The summed E-state index contributed by atoms with van der Waals surface area (Å²) in [6.07, 6.45) is 8.13. The van der Waals surface area contributed by atoms with E-state index in [0.717, 1.165) is 11.3 Å². The second-order valence-electron chi connectivity index (χ2n) is 9.41. The third-order valence-corrected chi connectivity index (χ3v) is 7.39. The van der Waals surface area contributed by atoms with Gasteiger partial charge in [0.1, 0.15) is 0 Å². The van der Waals surface area contributed by atoms with E-state index < -0.39 is 0 Å². The van der Waals surface area contributed by atoms with Crippen LogP contribution in [0.5, 0.6) is 0 Å². The van der Waals surface area contributed by atoms with E-state index >= 15 is 0 Å². The highest BCUT2D eigenvalue weighted by Crippen LogP contribution is 2.52. The normalized spacial score (nSPS) is 18.5. The van der Waals surface area contributed by atoms with Crippen LogP contribution < -0.4 is 10.2 Å². The van der Waals surface area contributed by atoms with Gasteiger partial charge in [-0.2, -0.15) is 15.0 Å². The van der Waals surface area contributed by atoms with Gasteiger partial charge in [0.25, 0.3) is 0 Å². The quantitative estimate of drug-likeness (QED) is 0.272. The van der Waals surface area contributed by atoms with Crippen molar-refractivity contribution >= 4 is 58.4 Å². The molecule has 1 N–H and O–H groups in total. The summed E-state index contributed by atoms with van der Waals surface area (Å²) in [5, 5.41) is 3.20. The third-order valence-electron chi connectivity index (χ3n) is 7.05. The van der Waals surface area contributed by atoms with Crippen LogP contribution in [0.4, 0.5) is 23.0 Å². The Bertz CT molecular complexity index is 1410. The van der Waals surface area contributed by atoms with E-state index in [1.807, 2.05) is 24.3 Å². The number of benzene rings is 3. The van der Waals surface area contributed by atoms with Crippen molar-refractivity contribution in [1.82, 2.24) is 15.0 Å². The number of anilines is 4. The Morgan fingerprint density at radius 2 is 1.53 bits per heavy atom. The number of aromatic nitrogens is 3. The van der Waals surface area contributed by atoms with E-state index in [-0.39, 0.29) is 10.6 Å². The van der Waals surface area contributed by atoms with Crippen LogP contribution in [0.3, 0.4) is 0 Å². The molecule has 0 spiro atoms. The summed E-state index contributed by atoms with van der Waals surface area (Å²) >= 11 is 11.7. The second kappa shape index (κ2) is 9.57. The third kappa shape index (κ3) is 4.57. The molecule has 0 amide bonds. The molecule has 1 aliphatic heterocycles. The van der Waals surface area contributed by atoms with Crippen molar-refractivity contribution in [2.45, 2.75) is 38.1 Å². The van der Waals surface area contributed by atoms with E-state index in [9.17, 15) is 0 Å².